The van der Waals surface area contributed by atoms with Crippen molar-refractivity contribution in [2.24, 2.45) is 0 Å². The number of hydrogen-bond donors (Lipinski definition) is 0. The third-order valence-corrected chi connectivity index (χ3v) is 2.90. The van der Waals surface area contributed by atoms with Crippen molar-refractivity contribution in [3.8, 4) is 0 Å². The van der Waals surface area contributed by atoms with Crippen molar-refractivity contribution in [3.63, 3.8) is 0 Å². The van der Waals surface area contributed by atoms with Crippen LogP contribution in [0.5, 0.6) is 0 Å². The fraction of sp³-hybridized carbons (Fsp3) is 0.583. The monoisotopic (exact) mass is 233 g/mol. The van der Waals surface area contributed by atoms with Crippen LogP contribution in [0.3, 0.4) is 0 Å². The molecule has 0 saturated heterocycles. The van der Waals surface area contributed by atoms with E-state index < -0.39 is 0 Å². The van der Waals surface area contributed by atoms with Gasteiger partial charge in [0.15, 0.2) is 0 Å². The summed E-state index contributed by atoms with van der Waals surface area (Å²) in [6.45, 7) is 6.04. The van der Waals surface area contributed by atoms with E-state index in [4.69, 9.17) is 0 Å². The van der Waals surface area contributed by atoms with E-state index in [1.54, 1.807) is 6.20 Å². The zero-order chi connectivity index (χ0) is 12.1. The Kier molecular flexibility index (Phi) is 3.90. The van der Waals surface area contributed by atoms with Gasteiger partial charge in [-0.2, -0.15) is 5.10 Å². The number of aryl methyl sites for hydroxylation is 2. The van der Waals surface area contributed by atoms with Crippen LogP contribution in [0.15, 0.2) is 24.7 Å². The predicted molar refractivity (Wildman–Crippen MR) is 65.6 cm³/mol. The second-order valence-electron chi connectivity index (χ2n) is 4.37. The molecule has 2 aromatic heterocycles. The van der Waals surface area contributed by atoms with Gasteiger partial charge in [0.1, 0.15) is 0 Å². The summed E-state index contributed by atoms with van der Waals surface area (Å²) in [5.74, 6) is 0.499. The molecular formula is C12H19N5. The lowest BCUT2D eigenvalue weighted by Gasteiger charge is -2.04. The fourth-order valence-electron chi connectivity index (χ4n) is 1.87. The summed E-state index contributed by atoms with van der Waals surface area (Å²) in [4.78, 5) is 0. The summed E-state index contributed by atoms with van der Waals surface area (Å²) < 4.78 is 3.79. The van der Waals surface area contributed by atoms with Crippen molar-refractivity contribution in [3.05, 3.63) is 30.4 Å². The van der Waals surface area contributed by atoms with Gasteiger partial charge in [0.2, 0.25) is 0 Å². The highest BCUT2D eigenvalue weighted by Crippen LogP contribution is 2.17. The van der Waals surface area contributed by atoms with E-state index in [0.717, 1.165) is 25.2 Å². The summed E-state index contributed by atoms with van der Waals surface area (Å²) >= 11 is 0. The maximum Gasteiger partial charge on any atom is 0.0855 e. The fourth-order valence-corrected chi connectivity index (χ4v) is 1.87. The molecule has 2 aromatic rings. The Morgan fingerprint density at radius 3 is 2.82 bits per heavy atom. The number of aromatic nitrogens is 5. The van der Waals surface area contributed by atoms with Gasteiger partial charge < -0.3 is 0 Å². The van der Waals surface area contributed by atoms with Crippen molar-refractivity contribution >= 4 is 0 Å². The molecule has 0 amide bonds. The van der Waals surface area contributed by atoms with Crippen LogP contribution in [-0.4, -0.2) is 24.8 Å². The first-order chi connectivity index (χ1) is 8.29. The average molecular weight is 233 g/mol. The van der Waals surface area contributed by atoms with Crippen molar-refractivity contribution in [1.82, 2.24) is 24.8 Å². The molecule has 0 bridgehead atoms. The lowest BCUT2D eigenvalue weighted by Crippen LogP contribution is -2.08. The Bertz CT molecular complexity index is 431. The second-order valence-corrected chi connectivity index (χ2v) is 4.37. The third kappa shape index (κ3) is 3.15. The highest BCUT2D eigenvalue weighted by atomic mass is 15.4. The molecule has 0 fully saturated rings. The van der Waals surface area contributed by atoms with Crippen molar-refractivity contribution < 1.29 is 0 Å². The summed E-state index contributed by atoms with van der Waals surface area (Å²) in [6, 6.07) is 1.93. The first kappa shape index (κ1) is 11.8. The third-order valence-electron chi connectivity index (χ3n) is 2.90. The summed E-state index contributed by atoms with van der Waals surface area (Å²) in [6.07, 6.45) is 8.14. The van der Waals surface area contributed by atoms with E-state index in [1.807, 2.05) is 27.8 Å². The SMILES string of the molecule is CCCC(C)c1cn(CCn2cccn2)nn1. The number of nitrogens with zero attached hydrogens (tertiary/aromatic N) is 5. The van der Waals surface area contributed by atoms with E-state index in [0.29, 0.717) is 5.92 Å². The zero-order valence-corrected chi connectivity index (χ0v) is 10.5. The molecule has 0 aliphatic rings. The summed E-state index contributed by atoms with van der Waals surface area (Å²) in [7, 11) is 0. The van der Waals surface area contributed by atoms with E-state index in [1.165, 1.54) is 6.42 Å². The zero-order valence-electron chi connectivity index (χ0n) is 10.5. The predicted octanol–water partition coefficient (Wildman–Crippen LogP) is 2.08. The van der Waals surface area contributed by atoms with Crippen LogP contribution in [0.4, 0.5) is 0 Å². The molecule has 0 aromatic carbocycles. The van der Waals surface area contributed by atoms with Crippen LogP contribution in [0.1, 0.15) is 38.3 Å². The molecule has 0 N–H and O–H groups in total. The Labute approximate surface area is 101 Å². The maximum atomic E-state index is 4.22. The molecule has 92 valence electrons. The van der Waals surface area contributed by atoms with Gasteiger partial charge in [0.25, 0.3) is 0 Å². The van der Waals surface area contributed by atoms with Gasteiger partial charge in [-0.3, -0.25) is 9.36 Å². The Hall–Kier alpha value is -1.65. The van der Waals surface area contributed by atoms with Crippen molar-refractivity contribution in [1.29, 1.82) is 0 Å². The topological polar surface area (TPSA) is 48.5 Å². The van der Waals surface area contributed by atoms with Crippen LogP contribution < -0.4 is 0 Å². The lowest BCUT2D eigenvalue weighted by molar-refractivity contribution is 0.490. The molecule has 5 nitrogen and oxygen atoms in total. The first-order valence-electron chi connectivity index (χ1n) is 6.17. The smallest absolute Gasteiger partial charge is 0.0855 e. The Morgan fingerprint density at radius 1 is 1.29 bits per heavy atom. The molecule has 5 heteroatoms. The molecule has 0 aliphatic heterocycles. The molecule has 0 radical (unpaired) electrons. The van der Waals surface area contributed by atoms with E-state index in [-0.39, 0.29) is 0 Å². The van der Waals surface area contributed by atoms with Crippen LogP contribution in [-0.2, 0) is 13.1 Å². The Balaban J connectivity index is 1.89. The van der Waals surface area contributed by atoms with Crippen LogP contribution >= 0.6 is 0 Å². The maximum absolute atomic E-state index is 4.22. The minimum atomic E-state index is 0.499. The number of rotatable bonds is 6. The normalized spacial score (nSPS) is 12.8. The molecule has 2 heterocycles. The lowest BCUT2D eigenvalue weighted by atomic mass is 10.0. The first-order valence-corrected chi connectivity index (χ1v) is 6.17. The largest absolute Gasteiger partial charge is 0.271 e. The standard InChI is InChI=1S/C12H19N5/c1-3-5-11(2)12-10-17(15-14-12)9-8-16-7-4-6-13-16/h4,6-7,10-11H,3,5,8-9H2,1-2H3. The van der Waals surface area contributed by atoms with Crippen molar-refractivity contribution in [2.75, 3.05) is 0 Å². The molecule has 0 spiro atoms. The van der Waals surface area contributed by atoms with Crippen LogP contribution in [0.25, 0.3) is 0 Å². The van der Waals surface area contributed by atoms with E-state index >= 15 is 0 Å². The Morgan fingerprint density at radius 2 is 2.12 bits per heavy atom. The van der Waals surface area contributed by atoms with Gasteiger partial charge >= 0.3 is 0 Å². The minimum absolute atomic E-state index is 0.499. The average Bonchev–Trinajstić information content (AvgIpc) is 2.98. The van der Waals surface area contributed by atoms with Crippen molar-refractivity contribution in [2.45, 2.75) is 45.7 Å². The van der Waals surface area contributed by atoms with E-state index in [9.17, 15) is 0 Å². The molecule has 0 saturated carbocycles. The molecule has 1 atom stereocenters. The highest BCUT2D eigenvalue weighted by molar-refractivity contribution is 4.99. The quantitative estimate of drug-likeness (QED) is 0.767. The molecular weight excluding hydrogens is 214 g/mol. The molecule has 1 unspecified atom stereocenters. The molecule has 2 rings (SSSR count). The number of hydrogen-bond acceptors (Lipinski definition) is 3. The van der Waals surface area contributed by atoms with Gasteiger partial charge in [-0.15, -0.1) is 5.10 Å². The van der Waals surface area contributed by atoms with Gasteiger partial charge in [-0.25, -0.2) is 0 Å². The minimum Gasteiger partial charge on any atom is -0.271 e. The van der Waals surface area contributed by atoms with E-state index in [2.05, 4.69) is 29.3 Å². The van der Waals surface area contributed by atoms with Gasteiger partial charge in [0, 0.05) is 24.5 Å². The van der Waals surface area contributed by atoms with Gasteiger partial charge in [-0.05, 0) is 12.5 Å². The van der Waals surface area contributed by atoms with Gasteiger partial charge in [0.05, 0.1) is 18.8 Å². The summed E-state index contributed by atoms with van der Waals surface area (Å²) in [5.41, 5.74) is 1.09. The molecule has 17 heavy (non-hydrogen) atoms. The highest BCUT2D eigenvalue weighted by Gasteiger charge is 2.08. The summed E-state index contributed by atoms with van der Waals surface area (Å²) in [5, 5.41) is 12.5. The molecule has 0 aliphatic carbocycles. The second kappa shape index (κ2) is 5.61. The van der Waals surface area contributed by atoms with Crippen LogP contribution in [0, 0.1) is 0 Å². The van der Waals surface area contributed by atoms with Gasteiger partial charge in [-0.1, -0.05) is 25.5 Å². The van der Waals surface area contributed by atoms with Crippen LogP contribution in [0.2, 0.25) is 0 Å².